The highest BCUT2D eigenvalue weighted by atomic mass is 16.5. The molecular formula is C15H25NO3. The summed E-state index contributed by atoms with van der Waals surface area (Å²) in [5.41, 5.74) is 1.99. The Morgan fingerprint density at radius 3 is 2.68 bits per heavy atom. The van der Waals surface area contributed by atoms with Gasteiger partial charge in [-0.1, -0.05) is 6.07 Å². The van der Waals surface area contributed by atoms with Gasteiger partial charge in [-0.2, -0.15) is 0 Å². The van der Waals surface area contributed by atoms with Crippen molar-refractivity contribution < 1.29 is 14.6 Å². The van der Waals surface area contributed by atoms with Gasteiger partial charge < -0.3 is 14.6 Å². The third-order valence-electron chi connectivity index (χ3n) is 3.05. The Morgan fingerprint density at radius 2 is 2.11 bits per heavy atom. The van der Waals surface area contributed by atoms with Gasteiger partial charge >= 0.3 is 0 Å². The summed E-state index contributed by atoms with van der Waals surface area (Å²) in [5, 5.41) is 9.64. The van der Waals surface area contributed by atoms with Gasteiger partial charge in [-0.25, -0.2) is 0 Å². The zero-order chi connectivity index (χ0) is 14.3. The van der Waals surface area contributed by atoms with Crippen LogP contribution >= 0.6 is 0 Å². The van der Waals surface area contributed by atoms with Gasteiger partial charge in [0.2, 0.25) is 0 Å². The molecule has 0 amide bonds. The zero-order valence-corrected chi connectivity index (χ0v) is 12.3. The normalized spacial score (nSPS) is 12.7. The molecule has 1 aromatic carbocycles. The number of aliphatic hydroxyl groups is 1. The maximum Gasteiger partial charge on any atom is 0.123 e. The van der Waals surface area contributed by atoms with Crippen LogP contribution < -0.4 is 4.74 Å². The first-order valence-corrected chi connectivity index (χ1v) is 6.69. The molecule has 1 rings (SSSR count). The second-order valence-electron chi connectivity index (χ2n) is 4.68. The predicted molar refractivity (Wildman–Crippen MR) is 76.5 cm³/mol. The fourth-order valence-corrected chi connectivity index (χ4v) is 1.92. The zero-order valence-electron chi connectivity index (χ0n) is 12.3. The van der Waals surface area contributed by atoms with E-state index in [9.17, 15) is 5.11 Å². The molecule has 0 saturated carbocycles. The minimum atomic E-state index is -0.460. The first-order chi connectivity index (χ1) is 9.08. The lowest BCUT2D eigenvalue weighted by molar-refractivity contribution is 0.120. The number of ether oxygens (including phenoxy) is 2. The van der Waals surface area contributed by atoms with Gasteiger partial charge in [0.1, 0.15) is 5.75 Å². The molecule has 1 N–H and O–H groups in total. The Bertz CT molecular complexity index is 380. The molecule has 4 nitrogen and oxygen atoms in total. The van der Waals surface area contributed by atoms with Crippen LogP contribution in [-0.2, 0) is 11.3 Å². The van der Waals surface area contributed by atoms with Crippen molar-refractivity contribution in [1.82, 2.24) is 4.90 Å². The average molecular weight is 267 g/mol. The number of hydrogen-bond acceptors (Lipinski definition) is 4. The molecule has 0 aromatic heterocycles. The van der Waals surface area contributed by atoms with E-state index in [0.717, 1.165) is 43.2 Å². The summed E-state index contributed by atoms with van der Waals surface area (Å²) in [5.74, 6) is 0.854. The summed E-state index contributed by atoms with van der Waals surface area (Å²) in [6.07, 6.45) is -0.460. The third kappa shape index (κ3) is 5.19. The van der Waals surface area contributed by atoms with Crippen LogP contribution in [0.4, 0.5) is 0 Å². The van der Waals surface area contributed by atoms with Crippen molar-refractivity contribution in [1.29, 1.82) is 0 Å². The molecule has 0 saturated heterocycles. The van der Waals surface area contributed by atoms with Crippen LogP contribution in [-0.4, -0.2) is 43.9 Å². The van der Waals surface area contributed by atoms with Gasteiger partial charge in [0.15, 0.2) is 0 Å². The average Bonchev–Trinajstić information content (AvgIpc) is 2.38. The summed E-state index contributed by atoms with van der Waals surface area (Å²) >= 11 is 0. The number of hydrogen-bond donors (Lipinski definition) is 1. The van der Waals surface area contributed by atoms with Crippen LogP contribution in [0, 0.1) is 0 Å². The summed E-state index contributed by atoms with van der Waals surface area (Å²) in [7, 11) is 3.72. The Labute approximate surface area is 115 Å². The summed E-state index contributed by atoms with van der Waals surface area (Å²) in [6.45, 7) is 6.88. The molecule has 0 aliphatic carbocycles. The molecule has 1 unspecified atom stereocenters. The van der Waals surface area contributed by atoms with Crippen LogP contribution in [0.15, 0.2) is 18.2 Å². The standard InChI is InChI=1S/C15H25NO3/c1-5-19-9-8-16(3)11-14-10-13(12(2)17)6-7-15(14)18-4/h6-7,10,12,17H,5,8-9,11H2,1-4H3. The van der Waals surface area contributed by atoms with Crippen LogP contribution in [0.5, 0.6) is 5.75 Å². The molecule has 1 atom stereocenters. The third-order valence-corrected chi connectivity index (χ3v) is 3.05. The van der Waals surface area contributed by atoms with Crippen molar-refractivity contribution in [2.45, 2.75) is 26.5 Å². The molecule has 0 spiro atoms. The molecule has 0 radical (unpaired) electrons. The van der Waals surface area contributed by atoms with E-state index in [1.54, 1.807) is 14.0 Å². The number of methoxy groups -OCH3 is 1. The van der Waals surface area contributed by atoms with E-state index in [-0.39, 0.29) is 0 Å². The quantitative estimate of drug-likeness (QED) is 0.733. The fraction of sp³-hybridized carbons (Fsp3) is 0.600. The van der Waals surface area contributed by atoms with E-state index >= 15 is 0 Å². The molecule has 0 aliphatic rings. The van der Waals surface area contributed by atoms with E-state index in [1.807, 2.05) is 32.2 Å². The summed E-state index contributed by atoms with van der Waals surface area (Å²) < 4.78 is 10.7. The first-order valence-electron chi connectivity index (χ1n) is 6.69. The fourth-order valence-electron chi connectivity index (χ4n) is 1.92. The van der Waals surface area contributed by atoms with Gasteiger partial charge in [-0.05, 0) is 38.6 Å². The highest BCUT2D eigenvalue weighted by Gasteiger charge is 2.09. The second kappa shape index (κ2) is 8.15. The Balaban J connectivity index is 2.71. The van der Waals surface area contributed by atoms with Gasteiger partial charge in [0.05, 0.1) is 19.8 Å². The predicted octanol–water partition coefficient (Wildman–Crippen LogP) is 2.22. The molecule has 0 fully saturated rings. The van der Waals surface area contributed by atoms with Gasteiger partial charge in [-0.15, -0.1) is 0 Å². The Morgan fingerprint density at radius 1 is 1.37 bits per heavy atom. The second-order valence-corrected chi connectivity index (χ2v) is 4.68. The molecule has 0 bridgehead atoms. The van der Waals surface area contributed by atoms with Crippen LogP contribution in [0.3, 0.4) is 0 Å². The SMILES string of the molecule is CCOCCN(C)Cc1cc(C(C)O)ccc1OC. The molecule has 0 heterocycles. The lowest BCUT2D eigenvalue weighted by Gasteiger charge is -2.19. The number of rotatable bonds is 8. The van der Waals surface area contributed by atoms with E-state index < -0.39 is 6.10 Å². The van der Waals surface area contributed by atoms with E-state index in [0.29, 0.717) is 0 Å². The maximum atomic E-state index is 9.64. The highest BCUT2D eigenvalue weighted by molar-refractivity contribution is 5.38. The summed E-state index contributed by atoms with van der Waals surface area (Å²) in [6, 6.07) is 5.81. The van der Waals surface area contributed by atoms with E-state index in [4.69, 9.17) is 9.47 Å². The van der Waals surface area contributed by atoms with Crippen molar-refractivity contribution in [2.75, 3.05) is 33.9 Å². The van der Waals surface area contributed by atoms with E-state index in [1.165, 1.54) is 0 Å². The van der Waals surface area contributed by atoms with Crippen LogP contribution in [0.25, 0.3) is 0 Å². The van der Waals surface area contributed by atoms with Crippen molar-refractivity contribution >= 4 is 0 Å². The molecule has 19 heavy (non-hydrogen) atoms. The number of benzene rings is 1. The van der Waals surface area contributed by atoms with Crippen molar-refractivity contribution in [3.05, 3.63) is 29.3 Å². The highest BCUT2D eigenvalue weighted by Crippen LogP contribution is 2.24. The minimum Gasteiger partial charge on any atom is -0.496 e. The molecule has 1 aromatic rings. The smallest absolute Gasteiger partial charge is 0.123 e. The molecular weight excluding hydrogens is 242 g/mol. The monoisotopic (exact) mass is 267 g/mol. The molecule has 0 aliphatic heterocycles. The van der Waals surface area contributed by atoms with Crippen LogP contribution in [0.1, 0.15) is 31.1 Å². The maximum absolute atomic E-state index is 9.64. The first kappa shape index (κ1) is 16.0. The lowest BCUT2D eigenvalue weighted by Crippen LogP contribution is -2.23. The molecule has 4 heteroatoms. The minimum absolute atomic E-state index is 0.460. The van der Waals surface area contributed by atoms with Gasteiger partial charge in [0.25, 0.3) is 0 Å². The van der Waals surface area contributed by atoms with Crippen molar-refractivity contribution in [3.63, 3.8) is 0 Å². The topological polar surface area (TPSA) is 41.9 Å². The van der Waals surface area contributed by atoms with E-state index in [2.05, 4.69) is 4.90 Å². The number of likely N-dealkylation sites (N-methyl/N-ethyl adjacent to an activating group) is 1. The Kier molecular flexibility index (Phi) is 6.84. The van der Waals surface area contributed by atoms with Gasteiger partial charge in [-0.3, -0.25) is 4.90 Å². The van der Waals surface area contributed by atoms with Gasteiger partial charge in [0, 0.05) is 25.3 Å². The number of aliphatic hydroxyl groups excluding tert-OH is 1. The van der Waals surface area contributed by atoms with Crippen molar-refractivity contribution in [2.24, 2.45) is 0 Å². The molecule has 108 valence electrons. The van der Waals surface area contributed by atoms with Crippen molar-refractivity contribution in [3.8, 4) is 5.75 Å². The Hall–Kier alpha value is -1.10. The largest absolute Gasteiger partial charge is 0.496 e. The lowest BCUT2D eigenvalue weighted by atomic mass is 10.1. The van der Waals surface area contributed by atoms with Crippen LogP contribution in [0.2, 0.25) is 0 Å². The number of nitrogens with zero attached hydrogens (tertiary/aromatic N) is 1. The summed E-state index contributed by atoms with van der Waals surface area (Å²) in [4.78, 5) is 2.18.